The monoisotopic (exact) mass is 248 g/mol. The van der Waals surface area contributed by atoms with Gasteiger partial charge in [-0.2, -0.15) is 0 Å². The summed E-state index contributed by atoms with van der Waals surface area (Å²) in [4.78, 5) is 22.4. The number of hydrogen-bond acceptors (Lipinski definition) is 4. The first-order valence-electron chi connectivity index (χ1n) is 6.41. The number of carbonyl (C=O) groups is 1. The smallest absolute Gasteiger partial charge is 0.274 e. The zero-order valence-corrected chi connectivity index (χ0v) is 11.0. The normalized spacial score (nSPS) is 21.7. The standard InChI is InChI=1S/C13H20N4O/c1-9-6-16-12(7-15-9)13(18)17-5-3-4-11(8-17)10(2)14/h6-7,10-11H,3-5,8,14H2,1-2H3. The second-order valence-electron chi connectivity index (χ2n) is 5.06. The molecule has 2 rings (SSSR count). The van der Waals surface area contributed by atoms with Crippen molar-refractivity contribution in [3.8, 4) is 0 Å². The molecule has 0 aliphatic carbocycles. The maximum atomic E-state index is 12.3. The number of nitrogens with zero attached hydrogens (tertiary/aromatic N) is 3. The number of nitrogens with two attached hydrogens (primary N) is 1. The molecule has 0 aromatic carbocycles. The van der Waals surface area contributed by atoms with Gasteiger partial charge in [0, 0.05) is 25.3 Å². The molecule has 2 heterocycles. The number of amides is 1. The van der Waals surface area contributed by atoms with E-state index >= 15 is 0 Å². The van der Waals surface area contributed by atoms with Gasteiger partial charge in [0.1, 0.15) is 5.69 Å². The number of piperidine rings is 1. The number of rotatable bonds is 2. The summed E-state index contributed by atoms with van der Waals surface area (Å²) in [5, 5.41) is 0. The molecule has 1 saturated heterocycles. The number of aryl methyl sites for hydroxylation is 1. The zero-order chi connectivity index (χ0) is 13.1. The molecular formula is C13H20N4O. The highest BCUT2D eigenvalue weighted by molar-refractivity contribution is 5.92. The molecule has 5 nitrogen and oxygen atoms in total. The Morgan fingerprint density at radius 1 is 1.50 bits per heavy atom. The van der Waals surface area contributed by atoms with Crippen molar-refractivity contribution in [1.29, 1.82) is 0 Å². The van der Waals surface area contributed by atoms with Crippen LogP contribution in [0.3, 0.4) is 0 Å². The van der Waals surface area contributed by atoms with Gasteiger partial charge in [-0.05, 0) is 32.6 Å². The molecule has 1 amide bonds. The second kappa shape index (κ2) is 5.44. The molecule has 98 valence electrons. The summed E-state index contributed by atoms with van der Waals surface area (Å²) in [6.07, 6.45) is 5.28. The van der Waals surface area contributed by atoms with E-state index < -0.39 is 0 Å². The minimum Gasteiger partial charge on any atom is -0.337 e. The van der Waals surface area contributed by atoms with Crippen LogP contribution in [0, 0.1) is 12.8 Å². The van der Waals surface area contributed by atoms with Crippen LogP contribution in [0.4, 0.5) is 0 Å². The van der Waals surface area contributed by atoms with Gasteiger partial charge in [0.15, 0.2) is 0 Å². The van der Waals surface area contributed by atoms with Crippen molar-refractivity contribution in [3.05, 3.63) is 23.8 Å². The Morgan fingerprint density at radius 2 is 2.28 bits per heavy atom. The quantitative estimate of drug-likeness (QED) is 0.847. The predicted molar refractivity (Wildman–Crippen MR) is 69.0 cm³/mol. The van der Waals surface area contributed by atoms with Crippen molar-refractivity contribution >= 4 is 5.91 Å². The molecule has 2 unspecified atom stereocenters. The molecule has 2 N–H and O–H groups in total. The van der Waals surface area contributed by atoms with Crippen LogP contribution in [0.1, 0.15) is 35.9 Å². The van der Waals surface area contributed by atoms with E-state index in [0.717, 1.165) is 31.6 Å². The first kappa shape index (κ1) is 13.0. The Balaban J connectivity index is 2.06. The Hall–Kier alpha value is -1.49. The third-order valence-corrected chi connectivity index (χ3v) is 3.49. The van der Waals surface area contributed by atoms with E-state index in [1.54, 1.807) is 12.4 Å². The van der Waals surface area contributed by atoms with Gasteiger partial charge in [0.2, 0.25) is 0 Å². The lowest BCUT2D eigenvalue weighted by Crippen LogP contribution is -2.45. The highest BCUT2D eigenvalue weighted by Crippen LogP contribution is 2.19. The fourth-order valence-electron chi connectivity index (χ4n) is 2.29. The highest BCUT2D eigenvalue weighted by Gasteiger charge is 2.27. The Bertz CT molecular complexity index is 416. The third-order valence-electron chi connectivity index (χ3n) is 3.49. The zero-order valence-electron chi connectivity index (χ0n) is 11.0. The van der Waals surface area contributed by atoms with E-state index in [0.29, 0.717) is 11.6 Å². The summed E-state index contributed by atoms with van der Waals surface area (Å²) in [5.41, 5.74) is 7.16. The summed E-state index contributed by atoms with van der Waals surface area (Å²) < 4.78 is 0. The molecule has 5 heteroatoms. The van der Waals surface area contributed by atoms with Crippen molar-refractivity contribution < 1.29 is 4.79 Å². The SMILES string of the molecule is Cc1cnc(C(=O)N2CCCC(C(C)N)C2)cn1. The maximum Gasteiger partial charge on any atom is 0.274 e. The average Bonchev–Trinajstić information content (AvgIpc) is 2.39. The topological polar surface area (TPSA) is 72.1 Å². The summed E-state index contributed by atoms with van der Waals surface area (Å²) in [6.45, 7) is 5.38. The largest absolute Gasteiger partial charge is 0.337 e. The lowest BCUT2D eigenvalue weighted by molar-refractivity contribution is 0.0654. The molecular weight excluding hydrogens is 228 g/mol. The van der Waals surface area contributed by atoms with Crippen LogP contribution in [0.25, 0.3) is 0 Å². The lowest BCUT2D eigenvalue weighted by Gasteiger charge is -2.34. The summed E-state index contributed by atoms with van der Waals surface area (Å²) in [6, 6.07) is 0.129. The van der Waals surface area contributed by atoms with E-state index in [-0.39, 0.29) is 11.9 Å². The maximum absolute atomic E-state index is 12.3. The molecule has 0 spiro atoms. The average molecular weight is 248 g/mol. The van der Waals surface area contributed by atoms with Gasteiger partial charge >= 0.3 is 0 Å². The first-order chi connectivity index (χ1) is 8.58. The lowest BCUT2D eigenvalue weighted by atomic mass is 9.92. The second-order valence-corrected chi connectivity index (χ2v) is 5.06. The van der Waals surface area contributed by atoms with Crippen LogP contribution in [0.2, 0.25) is 0 Å². The Labute approximate surface area is 107 Å². The third kappa shape index (κ3) is 2.85. The van der Waals surface area contributed by atoms with Crippen molar-refractivity contribution in [2.45, 2.75) is 32.7 Å². The van der Waals surface area contributed by atoms with E-state index in [2.05, 4.69) is 9.97 Å². The molecule has 1 aliphatic rings. The van der Waals surface area contributed by atoms with Crippen molar-refractivity contribution in [2.24, 2.45) is 11.7 Å². The van der Waals surface area contributed by atoms with Crippen molar-refractivity contribution in [2.75, 3.05) is 13.1 Å². The molecule has 1 aromatic heterocycles. The van der Waals surface area contributed by atoms with E-state index in [1.807, 2.05) is 18.7 Å². The Morgan fingerprint density at radius 3 is 2.89 bits per heavy atom. The van der Waals surface area contributed by atoms with E-state index in [4.69, 9.17) is 5.73 Å². The van der Waals surface area contributed by atoms with Crippen molar-refractivity contribution in [1.82, 2.24) is 14.9 Å². The molecule has 1 aliphatic heterocycles. The number of carbonyl (C=O) groups excluding carboxylic acids is 1. The van der Waals surface area contributed by atoms with Crippen LogP contribution >= 0.6 is 0 Å². The summed E-state index contributed by atoms with van der Waals surface area (Å²) in [5.74, 6) is 0.356. The number of likely N-dealkylation sites (tertiary alicyclic amines) is 1. The molecule has 18 heavy (non-hydrogen) atoms. The fraction of sp³-hybridized carbons (Fsp3) is 0.615. The molecule has 0 radical (unpaired) electrons. The van der Waals surface area contributed by atoms with Crippen LogP contribution in [0.15, 0.2) is 12.4 Å². The Kier molecular flexibility index (Phi) is 3.91. The molecule has 1 aromatic rings. The number of aromatic nitrogens is 2. The molecule has 0 saturated carbocycles. The van der Waals surface area contributed by atoms with Gasteiger partial charge in [-0.25, -0.2) is 4.98 Å². The first-order valence-corrected chi connectivity index (χ1v) is 6.41. The number of hydrogen-bond donors (Lipinski definition) is 1. The minimum absolute atomic E-state index is 0.0344. The van der Waals surface area contributed by atoms with Gasteiger partial charge < -0.3 is 10.6 Å². The van der Waals surface area contributed by atoms with Gasteiger partial charge in [0.05, 0.1) is 11.9 Å². The summed E-state index contributed by atoms with van der Waals surface area (Å²) in [7, 11) is 0. The van der Waals surface area contributed by atoms with Crippen LogP contribution in [-0.4, -0.2) is 39.9 Å². The summed E-state index contributed by atoms with van der Waals surface area (Å²) >= 11 is 0. The van der Waals surface area contributed by atoms with E-state index in [1.165, 1.54) is 0 Å². The van der Waals surface area contributed by atoms with Crippen LogP contribution < -0.4 is 5.73 Å². The minimum atomic E-state index is -0.0344. The van der Waals surface area contributed by atoms with Crippen LogP contribution in [-0.2, 0) is 0 Å². The van der Waals surface area contributed by atoms with Crippen molar-refractivity contribution in [3.63, 3.8) is 0 Å². The van der Waals surface area contributed by atoms with Crippen LogP contribution in [0.5, 0.6) is 0 Å². The van der Waals surface area contributed by atoms with Gasteiger partial charge in [-0.3, -0.25) is 9.78 Å². The highest BCUT2D eigenvalue weighted by atomic mass is 16.2. The van der Waals surface area contributed by atoms with Gasteiger partial charge in [-0.15, -0.1) is 0 Å². The van der Waals surface area contributed by atoms with Gasteiger partial charge in [-0.1, -0.05) is 0 Å². The van der Waals surface area contributed by atoms with E-state index in [9.17, 15) is 4.79 Å². The fourth-order valence-corrected chi connectivity index (χ4v) is 2.29. The molecule has 0 bridgehead atoms. The predicted octanol–water partition coefficient (Wildman–Crippen LogP) is 0.984. The molecule has 1 fully saturated rings. The van der Waals surface area contributed by atoms with Gasteiger partial charge in [0.25, 0.3) is 5.91 Å². The molecule has 2 atom stereocenters.